The van der Waals surface area contributed by atoms with Crippen LogP contribution in [0.25, 0.3) is 0 Å². The topological polar surface area (TPSA) is 125 Å². The van der Waals surface area contributed by atoms with Crippen molar-refractivity contribution in [2.24, 2.45) is 5.92 Å². The van der Waals surface area contributed by atoms with Gasteiger partial charge in [-0.15, -0.1) is 0 Å². The predicted octanol–water partition coefficient (Wildman–Crippen LogP) is 3.93. The summed E-state index contributed by atoms with van der Waals surface area (Å²) >= 11 is 6.56. The smallest absolute Gasteiger partial charge is 0.303 e. The normalized spacial score (nSPS) is 24.1. The van der Waals surface area contributed by atoms with E-state index in [0.717, 1.165) is 24.5 Å². The van der Waals surface area contributed by atoms with Crippen LogP contribution in [0.5, 0.6) is 0 Å². The van der Waals surface area contributed by atoms with Crippen LogP contribution >= 0.6 is 11.6 Å². The van der Waals surface area contributed by atoms with Gasteiger partial charge in [0.2, 0.25) is 0 Å². The summed E-state index contributed by atoms with van der Waals surface area (Å²) in [5, 5.41) is 12.2. The van der Waals surface area contributed by atoms with Gasteiger partial charge in [-0.2, -0.15) is 0 Å². The fourth-order valence-electron chi connectivity index (χ4n) is 5.14. The highest BCUT2D eigenvalue weighted by molar-refractivity contribution is 6.31. The Hall–Kier alpha value is -3.43. The molecule has 0 unspecified atom stereocenters. The molecule has 2 aromatic rings. The molecule has 216 valence electrons. The maximum atomic E-state index is 12.2. The Morgan fingerprint density at radius 2 is 1.32 bits per heavy atom. The summed E-state index contributed by atoms with van der Waals surface area (Å²) in [6.07, 6.45) is -3.71. The summed E-state index contributed by atoms with van der Waals surface area (Å²) in [7, 11) is 0. The van der Waals surface area contributed by atoms with Crippen molar-refractivity contribution >= 4 is 35.5 Å². The predicted molar refractivity (Wildman–Crippen MR) is 146 cm³/mol. The van der Waals surface area contributed by atoms with Crippen LogP contribution in [0, 0.1) is 5.92 Å². The Bertz CT molecular complexity index is 1230. The second kappa shape index (κ2) is 13.8. The fraction of sp³-hybridized carbons (Fsp3) is 0.467. The summed E-state index contributed by atoms with van der Waals surface area (Å²) in [6, 6.07) is 13.3. The second-order valence-electron chi connectivity index (χ2n) is 9.90. The number of aliphatic hydroxyl groups excluding tert-OH is 1. The van der Waals surface area contributed by atoms with E-state index in [9.17, 15) is 24.3 Å². The number of hydrogen-bond acceptors (Lipinski definition) is 9. The van der Waals surface area contributed by atoms with Gasteiger partial charge in [0.15, 0.2) is 18.3 Å². The summed E-state index contributed by atoms with van der Waals surface area (Å²) in [5.41, 5.74) is 3.54. The van der Waals surface area contributed by atoms with Crippen LogP contribution < -0.4 is 0 Å². The standard InChI is InChI=1S/C30H35ClO9/c1-6-20-7-9-21(10-8-20)13-23-14-22(11-12-25(23)31)26-27(36)24(15-37-16(2)32)28(38-17(3)33)30(40-19(5)35)29(26)39-18(4)34/h7-12,14,24,26-30,36H,6,13,15H2,1-5H3/t24-,26+,27-,28+,29-,30-/m0/s1. The van der Waals surface area contributed by atoms with Crippen molar-refractivity contribution < 1.29 is 43.2 Å². The minimum absolute atomic E-state index is 0.334. The van der Waals surface area contributed by atoms with Gasteiger partial charge < -0.3 is 24.1 Å². The van der Waals surface area contributed by atoms with Crippen molar-refractivity contribution in [2.75, 3.05) is 6.61 Å². The Morgan fingerprint density at radius 1 is 0.775 bits per heavy atom. The van der Waals surface area contributed by atoms with Gasteiger partial charge in [-0.05, 0) is 41.2 Å². The molecule has 0 amide bonds. The van der Waals surface area contributed by atoms with E-state index in [4.69, 9.17) is 30.5 Å². The molecule has 0 saturated heterocycles. The van der Waals surface area contributed by atoms with Gasteiger partial charge in [0.25, 0.3) is 0 Å². The monoisotopic (exact) mass is 574 g/mol. The van der Waals surface area contributed by atoms with E-state index in [1.807, 2.05) is 24.3 Å². The zero-order chi connectivity index (χ0) is 29.6. The number of aliphatic hydroxyl groups is 1. The number of benzene rings is 2. The van der Waals surface area contributed by atoms with Crippen molar-refractivity contribution in [3.8, 4) is 0 Å². The van der Waals surface area contributed by atoms with Crippen molar-refractivity contribution in [2.45, 2.75) is 77.8 Å². The van der Waals surface area contributed by atoms with Gasteiger partial charge in [-0.25, -0.2) is 0 Å². The highest BCUT2D eigenvalue weighted by atomic mass is 35.5. The first-order chi connectivity index (χ1) is 18.9. The average Bonchev–Trinajstić information content (AvgIpc) is 2.87. The van der Waals surface area contributed by atoms with Gasteiger partial charge in [0.1, 0.15) is 6.61 Å². The highest BCUT2D eigenvalue weighted by Crippen LogP contribution is 2.43. The quantitative estimate of drug-likeness (QED) is 0.350. The Balaban J connectivity index is 2.11. The zero-order valence-electron chi connectivity index (χ0n) is 23.2. The van der Waals surface area contributed by atoms with Crippen molar-refractivity contribution in [3.05, 3.63) is 69.7 Å². The minimum Gasteiger partial charge on any atom is -0.465 e. The van der Waals surface area contributed by atoms with Crippen LogP contribution in [0.2, 0.25) is 5.02 Å². The molecule has 1 N–H and O–H groups in total. The molecule has 10 heteroatoms. The lowest BCUT2D eigenvalue weighted by molar-refractivity contribution is -0.217. The lowest BCUT2D eigenvalue weighted by Crippen LogP contribution is -2.61. The molecular weight excluding hydrogens is 540 g/mol. The van der Waals surface area contributed by atoms with Crippen LogP contribution in [0.4, 0.5) is 0 Å². The van der Waals surface area contributed by atoms with Gasteiger partial charge >= 0.3 is 23.9 Å². The fourth-order valence-corrected chi connectivity index (χ4v) is 5.32. The van der Waals surface area contributed by atoms with Crippen molar-refractivity contribution in [3.63, 3.8) is 0 Å². The van der Waals surface area contributed by atoms with Crippen LogP contribution in [-0.2, 0) is 51.0 Å². The van der Waals surface area contributed by atoms with Crippen molar-refractivity contribution in [1.29, 1.82) is 0 Å². The zero-order valence-corrected chi connectivity index (χ0v) is 24.0. The SMILES string of the molecule is CCc1ccc(Cc2cc([C@@H]3[C@@H](O)[C@H](COC(C)=O)[C@@H](OC(C)=O)[C@H](OC(C)=O)[C@H]3OC(C)=O)ccc2Cl)cc1. The van der Waals surface area contributed by atoms with E-state index >= 15 is 0 Å². The molecule has 9 nitrogen and oxygen atoms in total. The van der Waals surface area contributed by atoms with Gasteiger partial charge in [0.05, 0.1) is 17.9 Å². The highest BCUT2D eigenvalue weighted by Gasteiger charge is 2.56. The van der Waals surface area contributed by atoms with Crippen LogP contribution in [0.3, 0.4) is 0 Å². The molecule has 1 aliphatic rings. The Morgan fingerprint density at radius 3 is 1.88 bits per heavy atom. The maximum Gasteiger partial charge on any atom is 0.303 e. The number of hydrogen-bond donors (Lipinski definition) is 1. The van der Waals surface area contributed by atoms with E-state index in [1.54, 1.807) is 18.2 Å². The second-order valence-corrected chi connectivity index (χ2v) is 10.3. The first kappa shape index (κ1) is 31.1. The lowest BCUT2D eigenvalue weighted by Gasteiger charge is -2.47. The van der Waals surface area contributed by atoms with E-state index in [0.29, 0.717) is 17.0 Å². The van der Waals surface area contributed by atoms with Gasteiger partial charge in [-0.1, -0.05) is 54.9 Å². The average molecular weight is 575 g/mol. The lowest BCUT2D eigenvalue weighted by atomic mass is 9.70. The summed E-state index contributed by atoms with van der Waals surface area (Å²) in [5.74, 6) is -4.68. The molecule has 0 bridgehead atoms. The molecule has 2 aromatic carbocycles. The van der Waals surface area contributed by atoms with Crippen LogP contribution in [0.1, 0.15) is 62.8 Å². The molecular formula is C30H35ClO9. The first-order valence-corrected chi connectivity index (χ1v) is 13.5. The molecule has 3 rings (SSSR count). The molecule has 40 heavy (non-hydrogen) atoms. The molecule has 6 atom stereocenters. The third-order valence-corrected chi connectivity index (χ3v) is 7.26. The van der Waals surface area contributed by atoms with Gasteiger partial charge in [-0.3, -0.25) is 19.2 Å². The number of rotatable bonds is 9. The molecule has 0 heterocycles. The number of esters is 4. The number of aryl methyl sites for hydroxylation is 1. The molecule has 0 spiro atoms. The third kappa shape index (κ3) is 7.82. The molecule has 1 fully saturated rings. The number of halogens is 1. The summed E-state index contributed by atoms with van der Waals surface area (Å²) < 4.78 is 21.9. The van der Waals surface area contributed by atoms with E-state index in [-0.39, 0.29) is 6.61 Å². The maximum absolute atomic E-state index is 12.2. The molecule has 0 radical (unpaired) electrons. The minimum atomic E-state index is -1.34. The van der Waals surface area contributed by atoms with Crippen molar-refractivity contribution in [1.82, 2.24) is 0 Å². The number of carbonyl (C=O) groups excluding carboxylic acids is 4. The van der Waals surface area contributed by atoms with E-state index in [2.05, 4.69) is 6.92 Å². The molecule has 1 aliphatic carbocycles. The summed E-state index contributed by atoms with van der Waals surface area (Å²) in [6.45, 7) is 6.46. The first-order valence-electron chi connectivity index (χ1n) is 13.1. The molecule has 1 saturated carbocycles. The Labute approximate surface area is 238 Å². The van der Waals surface area contributed by atoms with Gasteiger partial charge in [0, 0.05) is 32.7 Å². The third-order valence-electron chi connectivity index (χ3n) is 6.90. The van der Waals surface area contributed by atoms with Crippen LogP contribution in [-0.4, -0.2) is 60.0 Å². The summed E-state index contributed by atoms with van der Waals surface area (Å²) in [4.78, 5) is 48.1. The Kier molecular flexibility index (Phi) is 10.7. The number of ether oxygens (including phenoxy) is 4. The largest absolute Gasteiger partial charge is 0.465 e. The van der Waals surface area contributed by atoms with E-state index in [1.165, 1.54) is 26.3 Å². The number of carbonyl (C=O) groups is 4. The molecule has 0 aliphatic heterocycles. The van der Waals surface area contributed by atoms with Crippen LogP contribution in [0.15, 0.2) is 42.5 Å². The molecule has 0 aromatic heterocycles. The van der Waals surface area contributed by atoms with E-state index < -0.39 is 60.1 Å².